The van der Waals surface area contributed by atoms with E-state index in [0.29, 0.717) is 12.8 Å². The molecule has 0 bridgehead atoms. The summed E-state index contributed by atoms with van der Waals surface area (Å²) in [5, 5.41) is 8.94. The van der Waals surface area contributed by atoms with Crippen LogP contribution >= 0.6 is 0 Å². The summed E-state index contributed by atoms with van der Waals surface area (Å²) in [7, 11) is 1.24. The second kappa shape index (κ2) is 6.36. The first-order chi connectivity index (χ1) is 8.92. The van der Waals surface area contributed by atoms with Crippen LogP contribution in [0, 0.1) is 11.3 Å². The van der Waals surface area contributed by atoms with Crippen LogP contribution in [-0.4, -0.2) is 36.7 Å². The Morgan fingerprint density at radius 1 is 1.42 bits per heavy atom. The minimum absolute atomic E-state index is 0.155. The fourth-order valence-corrected chi connectivity index (χ4v) is 2.35. The molecule has 6 heteroatoms. The normalized spacial score (nSPS) is 25.7. The predicted molar refractivity (Wildman–Crippen MR) is 65.2 cm³/mol. The topological polar surface area (TPSA) is 89.9 Å². The highest BCUT2D eigenvalue weighted by atomic mass is 16.5. The molecule has 2 atom stereocenters. The van der Waals surface area contributed by atoms with Crippen LogP contribution in [0.2, 0.25) is 0 Å². The Kier molecular flexibility index (Phi) is 5.09. The molecule has 0 fully saturated rings. The highest BCUT2D eigenvalue weighted by Gasteiger charge is 2.48. The number of carbonyl (C=O) groups excluding carboxylic acids is 2. The monoisotopic (exact) mass is 270 g/mol. The van der Waals surface area contributed by atoms with Crippen molar-refractivity contribution < 1.29 is 29.0 Å². The van der Waals surface area contributed by atoms with Gasteiger partial charge in [-0.3, -0.25) is 14.4 Å². The number of allylic oxidation sites excluding steroid dienone is 2. The van der Waals surface area contributed by atoms with Crippen molar-refractivity contribution in [3.8, 4) is 0 Å². The molecule has 0 aromatic carbocycles. The molecule has 0 amide bonds. The van der Waals surface area contributed by atoms with Crippen LogP contribution in [0.25, 0.3) is 0 Å². The maximum absolute atomic E-state index is 12.1. The van der Waals surface area contributed by atoms with Crippen molar-refractivity contribution in [3.63, 3.8) is 0 Å². The number of methoxy groups -OCH3 is 1. The number of esters is 2. The third-order valence-electron chi connectivity index (χ3n) is 3.35. The summed E-state index contributed by atoms with van der Waals surface area (Å²) in [6, 6.07) is 0. The highest BCUT2D eigenvalue weighted by molar-refractivity contribution is 5.80. The molecule has 0 aliphatic heterocycles. The van der Waals surface area contributed by atoms with Gasteiger partial charge in [0.2, 0.25) is 0 Å². The molecule has 0 aromatic heterocycles. The lowest BCUT2D eigenvalue weighted by atomic mass is 9.68. The molecule has 0 unspecified atom stereocenters. The van der Waals surface area contributed by atoms with E-state index < -0.39 is 29.2 Å². The fourth-order valence-electron chi connectivity index (χ4n) is 2.35. The predicted octanol–water partition coefficient (Wildman–Crippen LogP) is 1.15. The molecule has 0 aromatic rings. The van der Waals surface area contributed by atoms with E-state index in [1.165, 1.54) is 14.0 Å². The molecule has 0 saturated carbocycles. The summed E-state index contributed by atoms with van der Waals surface area (Å²) in [4.78, 5) is 33.9. The van der Waals surface area contributed by atoms with Crippen molar-refractivity contribution in [1.82, 2.24) is 0 Å². The molecule has 6 nitrogen and oxygen atoms in total. The second-order valence-corrected chi connectivity index (χ2v) is 4.60. The van der Waals surface area contributed by atoms with E-state index in [4.69, 9.17) is 14.6 Å². The number of carboxylic acids is 1. The van der Waals surface area contributed by atoms with Crippen LogP contribution < -0.4 is 0 Å². The number of hydrogen-bond acceptors (Lipinski definition) is 5. The van der Waals surface area contributed by atoms with Gasteiger partial charge in [-0.1, -0.05) is 12.2 Å². The third-order valence-corrected chi connectivity index (χ3v) is 3.35. The van der Waals surface area contributed by atoms with E-state index >= 15 is 0 Å². The van der Waals surface area contributed by atoms with E-state index in [1.54, 1.807) is 6.08 Å². The van der Waals surface area contributed by atoms with Crippen LogP contribution in [-0.2, 0) is 23.9 Å². The molecule has 1 rings (SSSR count). The van der Waals surface area contributed by atoms with Crippen molar-refractivity contribution in [2.75, 3.05) is 13.7 Å². The maximum Gasteiger partial charge on any atom is 0.315 e. The molecule has 0 spiro atoms. The van der Waals surface area contributed by atoms with Gasteiger partial charge >= 0.3 is 17.9 Å². The Bertz CT molecular complexity index is 400. The zero-order chi connectivity index (χ0) is 14.5. The van der Waals surface area contributed by atoms with Crippen molar-refractivity contribution in [3.05, 3.63) is 12.2 Å². The Labute approximate surface area is 111 Å². The van der Waals surface area contributed by atoms with E-state index in [-0.39, 0.29) is 13.0 Å². The molecular weight excluding hydrogens is 252 g/mol. The van der Waals surface area contributed by atoms with Crippen molar-refractivity contribution in [1.29, 1.82) is 0 Å². The number of aliphatic carboxylic acids is 1. The second-order valence-electron chi connectivity index (χ2n) is 4.60. The number of hydrogen-bond donors (Lipinski definition) is 1. The lowest BCUT2D eigenvalue weighted by Gasteiger charge is -2.37. The van der Waals surface area contributed by atoms with Crippen LogP contribution in [0.1, 0.15) is 26.2 Å². The van der Waals surface area contributed by atoms with Gasteiger partial charge in [0.15, 0.2) is 0 Å². The van der Waals surface area contributed by atoms with E-state index in [9.17, 15) is 14.4 Å². The third kappa shape index (κ3) is 3.56. The standard InChI is InChI=1S/C13H18O6/c1-9(14)19-8-13(12(17)18-2)6-4-3-5-10(13)7-11(15)16/h3,5,10H,4,6-8H2,1-2H3,(H,15,16)/t10-,13-/m0/s1. The molecule has 1 aliphatic rings. The molecule has 19 heavy (non-hydrogen) atoms. The Morgan fingerprint density at radius 3 is 2.63 bits per heavy atom. The zero-order valence-electron chi connectivity index (χ0n) is 11.0. The average molecular weight is 270 g/mol. The fraction of sp³-hybridized carbons (Fsp3) is 0.615. The summed E-state index contributed by atoms with van der Waals surface area (Å²) in [6.45, 7) is 1.09. The molecular formula is C13H18O6. The lowest BCUT2D eigenvalue weighted by molar-refractivity contribution is -0.166. The molecule has 1 N–H and O–H groups in total. The van der Waals surface area contributed by atoms with Gasteiger partial charge in [0, 0.05) is 12.8 Å². The Balaban J connectivity index is 3.03. The summed E-state index contributed by atoms with van der Waals surface area (Å²) in [6.07, 6.45) is 4.35. The molecule has 0 heterocycles. The minimum atomic E-state index is -1.10. The van der Waals surface area contributed by atoms with Gasteiger partial charge in [-0.15, -0.1) is 0 Å². The lowest BCUT2D eigenvalue weighted by Crippen LogP contribution is -2.45. The molecule has 0 radical (unpaired) electrons. The van der Waals surface area contributed by atoms with Gasteiger partial charge in [0.25, 0.3) is 0 Å². The first-order valence-corrected chi connectivity index (χ1v) is 6.02. The van der Waals surface area contributed by atoms with Gasteiger partial charge in [-0.2, -0.15) is 0 Å². The number of carboxylic acid groups (broad SMARTS) is 1. The summed E-state index contributed by atoms with van der Waals surface area (Å²) < 4.78 is 9.73. The number of rotatable bonds is 5. The van der Waals surface area contributed by atoms with Crippen molar-refractivity contribution in [2.24, 2.45) is 11.3 Å². The van der Waals surface area contributed by atoms with Crippen LogP contribution in [0.3, 0.4) is 0 Å². The van der Waals surface area contributed by atoms with E-state index in [1.807, 2.05) is 6.08 Å². The first kappa shape index (κ1) is 15.2. The summed E-state index contributed by atoms with van der Waals surface area (Å²) in [5.74, 6) is -2.59. The van der Waals surface area contributed by atoms with Crippen molar-refractivity contribution in [2.45, 2.75) is 26.2 Å². The number of ether oxygens (including phenoxy) is 2. The van der Waals surface area contributed by atoms with Crippen LogP contribution in [0.15, 0.2) is 12.2 Å². The van der Waals surface area contributed by atoms with Gasteiger partial charge in [0.1, 0.15) is 12.0 Å². The summed E-state index contributed by atoms with van der Waals surface area (Å²) in [5.41, 5.74) is -1.10. The van der Waals surface area contributed by atoms with Gasteiger partial charge < -0.3 is 14.6 Å². The quantitative estimate of drug-likeness (QED) is 0.595. The Morgan fingerprint density at radius 2 is 2.11 bits per heavy atom. The smallest absolute Gasteiger partial charge is 0.315 e. The average Bonchev–Trinajstić information content (AvgIpc) is 2.36. The molecule has 0 saturated heterocycles. The molecule has 1 aliphatic carbocycles. The largest absolute Gasteiger partial charge is 0.481 e. The van der Waals surface area contributed by atoms with E-state index in [0.717, 1.165) is 0 Å². The van der Waals surface area contributed by atoms with Crippen molar-refractivity contribution >= 4 is 17.9 Å². The maximum atomic E-state index is 12.1. The zero-order valence-corrected chi connectivity index (χ0v) is 11.0. The van der Waals surface area contributed by atoms with Crippen LogP contribution in [0.5, 0.6) is 0 Å². The highest BCUT2D eigenvalue weighted by Crippen LogP contribution is 2.41. The SMILES string of the molecule is COC(=O)[C@]1(COC(C)=O)CCC=C[C@H]1CC(=O)O. The number of carbonyl (C=O) groups is 3. The van der Waals surface area contributed by atoms with Gasteiger partial charge in [0.05, 0.1) is 13.5 Å². The Hall–Kier alpha value is -1.85. The van der Waals surface area contributed by atoms with Gasteiger partial charge in [-0.05, 0) is 12.8 Å². The van der Waals surface area contributed by atoms with Crippen LogP contribution in [0.4, 0.5) is 0 Å². The minimum Gasteiger partial charge on any atom is -0.481 e. The molecule has 106 valence electrons. The van der Waals surface area contributed by atoms with E-state index in [2.05, 4.69) is 0 Å². The van der Waals surface area contributed by atoms with Gasteiger partial charge in [-0.25, -0.2) is 0 Å². The summed E-state index contributed by atoms with van der Waals surface area (Å²) >= 11 is 0. The first-order valence-electron chi connectivity index (χ1n) is 6.02.